The lowest BCUT2D eigenvalue weighted by atomic mass is 10.1. The Morgan fingerprint density at radius 1 is 1.33 bits per heavy atom. The Labute approximate surface area is 59.0 Å². The fourth-order valence-electron chi connectivity index (χ4n) is 0.906. The maximum absolute atomic E-state index is 2.32. The van der Waals surface area contributed by atoms with E-state index in [1.807, 2.05) is 0 Å². The molecule has 0 aromatic carbocycles. The summed E-state index contributed by atoms with van der Waals surface area (Å²) in [7, 11) is 0. The van der Waals surface area contributed by atoms with Gasteiger partial charge in [-0.15, -0.1) is 0 Å². The molecule has 0 unspecified atom stereocenters. The van der Waals surface area contributed by atoms with Gasteiger partial charge < -0.3 is 0 Å². The molecular weight excluding hydrogens is 108 g/mol. The van der Waals surface area contributed by atoms with E-state index in [0.717, 1.165) is 0 Å². The summed E-state index contributed by atoms with van der Waals surface area (Å²) in [4.78, 5) is 0. The zero-order valence-corrected chi connectivity index (χ0v) is 6.91. The van der Waals surface area contributed by atoms with E-state index in [1.54, 1.807) is 5.57 Å². The Hall–Kier alpha value is -0.260. The number of hydrogen-bond acceptors (Lipinski definition) is 0. The molecule has 0 saturated heterocycles. The van der Waals surface area contributed by atoms with Crippen LogP contribution in [0.2, 0.25) is 0 Å². The highest BCUT2D eigenvalue weighted by Gasteiger charge is 1.85. The summed E-state index contributed by atoms with van der Waals surface area (Å²) in [5.41, 5.74) is 1.55. The van der Waals surface area contributed by atoms with Crippen molar-refractivity contribution in [3.05, 3.63) is 11.6 Å². The third kappa shape index (κ3) is 5.61. The molecule has 9 heavy (non-hydrogen) atoms. The highest BCUT2D eigenvalue weighted by atomic mass is 13.9. The average Bonchev–Trinajstić information content (AvgIpc) is 1.85. The number of unbranched alkanes of at least 4 members (excludes halogenated alkanes) is 1. The molecular formula is C9H18. The van der Waals surface area contributed by atoms with Gasteiger partial charge in [0, 0.05) is 0 Å². The van der Waals surface area contributed by atoms with Crippen LogP contribution in [0.4, 0.5) is 0 Å². The lowest BCUT2D eigenvalue weighted by Crippen LogP contribution is -1.75. The molecule has 0 radical (unpaired) electrons. The number of hydrogen-bond donors (Lipinski definition) is 0. The van der Waals surface area contributed by atoms with Crippen LogP contribution in [0, 0.1) is 0 Å². The van der Waals surface area contributed by atoms with Gasteiger partial charge in [-0.3, -0.25) is 0 Å². The van der Waals surface area contributed by atoms with Crippen LogP contribution in [-0.4, -0.2) is 0 Å². The molecule has 0 aliphatic heterocycles. The van der Waals surface area contributed by atoms with Crippen LogP contribution < -0.4 is 0 Å². The van der Waals surface area contributed by atoms with Crippen molar-refractivity contribution in [2.45, 2.75) is 46.5 Å². The van der Waals surface area contributed by atoms with Crippen LogP contribution in [0.15, 0.2) is 11.6 Å². The van der Waals surface area contributed by atoms with E-state index >= 15 is 0 Å². The molecule has 0 saturated carbocycles. The van der Waals surface area contributed by atoms with Crippen molar-refractivity contribution in [1.29, 1.82) is 0 Å². The van der Waals surface area contributed by atoms with Gasteiger partial charge in [-0.1, -0.05) is 31.9 Å². The van der Waals surface area contributed by atoms with Gasteiger partial charge in [0.2, 0.25) is 0 Å². The first-order valence-electron chi connectivity index (χ1n) is 3.96. The average molecular weight is 126 g/mol. The highest BCUT2D eigenvalue weighted by Crippen LogP contribution is 2.05. The molecule has 0 amide bonds. The summed E-state index contributed by atoms with van der Waals surface area (Å²) in [6.07, 6.45) is 7.47. The smallest absolute Gasteiger partial charge is 0.0323 e. The first-order valence-corrected chi connectivity index (χ1v) is 3.96. The minimum absolute atomic E-state index is 1.19. The molecule has 0 atom stereocenters. The normalized spacial score (nSPS) is 12.1. The summed E-state index contributed by atoms with van der Waals surface area (Å²) in [6.45, 7) is 6.65. The molecule has 54 valence electrons. The minimum atomic E-state index is 1.19. The SMILES string of the molecule is CC/C=C(/C)CCCC. The van der Waals surface area contributed by atoms with E-state index in [4.69, 9.17) is 0 Å². The van der Waals surface area contributed by atoms with Crippen LogP contribution in [0.1, 0.15) is 46.5 Å². The van der Waals surface area contributed by atoms with E-state index in [9.17, 15) is 0 Å². The zero-order valence-electron chi connectivity index (χ0n) is 6.91. The van der Waals surface area contributed by atoms with Gasteiger partial charge in [0.15, 0.2) is 0 Å². The highest BCUT2D eigenvalue weighted by molar-refractivity contribution is 4.96. The summed E-state index contributed by atoms with van der Waals surface area (Å²) < 4.78 is 0. The molecule has 0 aliphatic carbocycles. The van der Waals surface area contributed by atoms with Gasteiger partial charge in [-0.05, 0) is 26.2 Å². The second-order valence-electron chi connectivity index (χ2n) is 2.56. The van der Waals surface area contributed by atoms with Crippen LogP contribution >= 0.6 is 0 Å². The molecule has 0 rings (SSSR count). The fourth-order valence-corrected chi connectivity index (χ4v) is 0.906. The van der Waals surface area contributed by atoms with Gasteiger partial charge in [0.25, 0.3) is 0 Å². The molecule has 0 spiro atoms. The monoisotopic (exact) mass is 126 g/mol. The van der Waals surface area contributed by atoms with Gasteiger partial charge in [0.1, 0.15) is 0 Å². The summed E-state index contributed by atoms with van der Waals surface area (Å²) in [5, 5.41) is 0. The van der Waals surface area contributed by atoms with E-state index in [-0.39, 0.29) is 0 Å². The van der Waals surface area contributed by atoms with Crippen LogP contribution in [0.3, 0.4) is 0 Å². The van der Waals surface area contributed by atoms with Crippen molar-refractivity contribution in [2.24, 2.45) is 0 Å². The quantitative estimate of drug-likeness (QED) is 0.505. The Morgan fingerprint density at radius 3 is 2.44 bits per heavy atom. The van der Waals surface area contributed by atoms with Crippen molar-refractivity contribution in [1.82, 2.24) is 0 Å². The zero-order chi connectivity index (χ0) is 7.11. The molecule has 0 nitrogen and oxygen atoms in total. The number of allylic oxidation sites excluding steroid dienone is 2. The van der Waals surface area contributed by atoms with Crippen molar-refractivity contribution >= 4 is 0 Å². The third-order valence-corrected chi connectivity index (χ3v) is 1.48. The molecule has 0 aliphatic rings. The summed E-state index contributed by atoms with van der Waals surface area (Å²) in [5.74, 6) is 0. The second kappa shape index (κ2) is 5.87. The summed E-state index contributed by atoms with van der Waals surface area (Å²) in [6, 6.07) is 0. The Kier molecular flexibility index (Phi) is 5.70. The molecule has 0 heteroatoms. The van der Waals surface area contributed by atoms with E-state index < -0.39 is 0 Å². The van der Waals surface area contributed by atoms with Gasteiger partial charge >= 0.3 is 0 Å². The largest absolute Gasteiger partial charge is 0.0859 e. The molecule has 0 aromatic rings. The van der Waals surface area contributed by atoms with Crippen LogP contribution in [-0.2, 0) is 0 Å². The van der Waals surface area contributed by atoms with Crippen LogP contribution in [0.5, 0.6) is 0 Å². The maximum Gasteiger partial charge on any atom is -0.0323 e. The third-order valence-electron chi connectivity index (χ3n) is 1.48. The number of rotatable bonds is 4. The fraction of sp³-hybridized carbons (Fsp3) is 0.778. The van der Waals surface area contributed by atoms with Crippen molar-refractivity contribution in [2.75, 3.05) is 0 Å². The second-order valence-corrected chi connectivity index (χ2v) is 2.56. The lowest BCUT2D eigenvalue weighted by Gasteiger charge is -1.96. The first kappa shape index (κ1) is 8.74. The molecule has 0 bridgehead atoms. The predicted molar refractivity (Wildman–Crippen MR) is 43.6 cm³/mol. The first-order chi connectivity index (χ1) is 4.31. The maximum atomic E-state index is 2.32. The molecule has 0 aromatic heterocycles. The molecule has 0 fully saturated rings. The van der Waals surface area contributed by atoms with Gasteiger partial charge in [-0.25, -0.2) is 0 Å². The van der Waals surface area contributed by atoms with E-state index in [2.05, 4.69) is 26.8 Å². The van der Waals surface area contributed by atoms with Crippen molar-refractivity contribution in [3.8, 4) is 0 Å². The van der Waals surface area contributed by atoms with E-state index in [0.29, 0.717) is 0 Å². The Morgan fingerprint density at radius 2 is 2.00 bits per heavy atom. The van der Waals surface area contributed by atoms with Gasteiger partial charge in [-0.2, -0.15) is 0 Å². The predicted octanol–water partition coefficient (Wildman–Crippen LogP) is 3.53. The Bertz CT molecular complexity index is 80.0. The van der Waals surface area contributed by atoms with Crippen molar-refractivity contribution in [3.63, 3.8) is 0 Å². The summed E-state index contributed by atoms with van der Waals surface area (Å²) >= 11 is 0. The minimum Gasteiger partial charge on any atom is -0.0859 e. The van der Waals surface area contributed by atoms with Gasteiger partial charge in [0.05, 0.1) is 0 Å². The van der Waals surface area contributed by atoms with E-state index in [1.165, 1.54) is 25.7 Å². The standard InChI is InChI=1S/C9H18/c1-4-6-8-9(3)7-5-2/h7H,4-6,8H2,1-3H3/b9-7-. The molecule has 0 N–H and O–H groups in total. The molecule has 0 heterocycles. The lowest BCUT2D eigenvalue weighted by molar-refractivity contribution is 0.784. The topological polar surface area (TPSA) is 0 Å². The van der Waals surface area contributed by atoms with Crippen molar-refractivity contribution < 1.29 is 0 Å². The van der Waals surface area contributed by atoms with Crippen LogP contribution in [0.25, 0.3) is 0 Å². The Balaban J connectivity index is 3.25.